The summed E-state index contributed by atoms with van der Waals surface area (Å²) in [6.07, 6.45) is 1.64. The standard InChI is InChI=1S/C11H20N4O/c1-4-16-7-9(8(2)3)14-10-5-6-13-11(12)15-10/h5-6,8-9H,4,7H2,1-3H3,(H3,12,13,14,15). The second kappa shape index (κ2) is 6.27. The summed E-state index contributed by atoms with van der Waals surface area (Å²) < 4.78 is 5.42. The fourth-order valence-electron chi connectivity index (χ4n) is 1.29. The Morgan fingerprint density at radius 3 is 2.81 bits per heavy atom. The van der Waals surface area contributed by atoms with Crippen molar-refractivity contribution in [3.8, 4) is 0 Å². The Hall–Kier alpha value is -1.36. The molecule has 0 saturated carbocycles. The van der Waals surface area contributed by atoms with Crippen molar-refractivity contribution in [3.05, 3.63) is 12.3 Å². The van der Waals surface area contributed by atoms with Gasteiger partial charge in [0, 0.05) is 12.8 Å². The minimum Gasteiger partial charge on any atom is -0.380 e. The van der Waals surface area contributed by atoms with Gasteiger partial charge >= 0.3 is 0 Å². The van der Waals surface area contributed by atoms with Crippen LogP contribution >= 0.6 is 0 Å². The largest absolute Gasteiger partial charge is 0.380 e. The highest BCUT2D eigenvalue weighted by Gasteiger charge is 2.13. The van der Waals surface area contributed by atoms with Crippen LogP contribution in [0, 0.1) is 5.92 Å². The van der Waals surface area contributed by atoms with Gasteiger partial charge in [0.2, 0.25) is 5.95 Å². The molecule has 16 heavy (non-hydrogen) atoms. The van der Waals surface area contributed by atoms with Crippen LogP contribution < -0.4 is 11.1 Å². The lowest BCUT2D eigenvalue weighted by Gasteiger charge is -2.22. The molecule has 90 valence electrons. The number of ether oxygens (including phenoxy) is 1. The van der Waals surface area contributed by atoms with Crippen molar-refractivity contribution in [1.29, 1.82) is 0 Å². The number of aromatic nitrogens is 2. The SMILES string of the molecule is CCOCC(Nc1ccnc(N)n1)C(C)C. The number of hydrogen-bond acceptors (Lipinski definition) is 5. The van der Waals surface area contributed by atoms with Gasteiger partial charge in [-0.05, 0) is 18.9 Å². The fraction of sp³-hybridized carbons (Fsp3) is 0.636. The molecule has 3 N–H and O–H groups in total. The molecule has 0 aliphatic heterocycles. The normalized spacial score (nSPS) is 12.8. The molecule has 0 aromatic carbocycles. The van der Waals surface area contributed by atoms with Gasteiger partial charge in [-0.3, -0.25) is 0 Å². The maximum Gasteiger partial charge on any atom is 0.221 e. The number of nitrogen functional groups attached to an aromatic ring is 1. The lowest BCUT2D eigenvalue weighted by Crippen LogP contribution is -2.31. The van der Waals surface area contributed by atoms with Crippen LogP contribution in [0.15, 0.2) is 12.3 Å². The molecule has 0 radical (unpaired) electrons. The Bertz CT molecular complexity index is 317. The van der Waals surface area contributed by atoms with Crippen molar-refractivity contribution in [2.75, 3.05) is 24.3 Å². The topological polar surface area (TPSA) is 73.1 Å². The quantitative estimate of drug-likeness (QED) is 0.766. The molecule has 1 atom stereocenters. The summed E-state index contributed by atoms with van der Waals surface area (Å²) in [5.74, 6) is 1.48. The van der Waals surface area contributed by atoms with Crippen LogP contribution in [0.1, 0.15) is 20.8 Å². The van der Waals surface area contributed by atoms with E-state index in [0.717, 1.165) is 12.4 Å². The first-order chi connectivity index (χ1) is 7.63. The van der Waals surface area contributed by atoms with Crippen molar-refractivity contribution in [2.24, 2.45) is 5.92 Å². The van der Waals surface area contributed by atoms with E-state index in [1.165, 1.54) is 0 Å². The highest BCUT2D eigenvalue weighted by molar-refractivity contribution is 5.38. The highest BCUT2D eigenvalue weighted by Crippen LogP contribution is 2.11. The zero-order chi connectivity index (χ0) is 12.0. The predicted octanol–water partition coefficient (Wildman–Crippen LogP) is 1.53. The number of hydrogen-bond donors (Lipinski definition) is 2. The molecule has 1 rings (SSSR count). The van der Waals surface area contributed by atoms with Gasteiger partial charge < -0.3 is 15.8 Å². The van der Waals surface area contributed by atoms with Gasteiger partial charge in [0.25, 0.3) is 0 Å². The molecule has 0 spiro atoms. The Kier molecular flexibility index (Phi) is 4.98. The van der Waals surface area contributed by atoms with Crippen LogP contribution in [0.4, 0.5) is 11.8 Å². The summed E-state index contributed by atoms with van der Waals surface area (Å²) in [4.78, 5) is 7.95. The molecule has 1 heterocycles. The molecule has 0 amide bonds. The number of nitrogens with one attached hydrogen (secondary N) is 1. The summed E-state index contributed by atoms with van der Waals surface area (Å²) in [7, 11) is 0. The zero-order valence-electron chi connectivity index (χ0n) is 10.1. The molecular weight excluding hydrogens is 204 g/mol. The molecule has 1 aromatic rings. The number of nitrogens with two attached hydrogens (primary N) is 1. The second-order valence-corrected chi connectivity index (χ2v) is 3.95. The van der Waals surface area contributed by atoms with Gasteiger partial charge in [-0.2, -0.15) is 4.98 Å². The van der Waals surface area contributed by atoms with E-state index in [9.17, 15) is 0 Å². The average Bonchev–Trinajstić information content (AvgIpc) is 2.24. The van der Waals surface area contributed by atoms with Gasteiger partial charge in [0.15, 0.2) is 0 Å². The van der Waals surface area contributed by atoms with E-state index in [4.69, 9.17) is 10.5 Å². The van der Waals surface area contributed by atoms with E-state index in [2.05, 4.69) is 29.1 Å². The number of anilines is 2. The molecule has 5 heteroatoms. The van der Waals surface area contributed by atoms with Crippen LogP contribution in [0.2, 0.25) is 0 Å². The van der Waals surface area contributed by atoms with Crippen molar-refractivity contribution >= 4 is 11.8 Å². The lowest BCUT2D eigenvalue weighted by molar-refractivity contribution is 0.126. The molecular formula is C11H20N4O. The summed E-state index contributed by atoms with van der Waals surface area (Å²) in [5.41, 5.74) is 5.52. The van der Waals surface area contributed by atoms with Gasteiger partial charge in [0.05, 0.1) is 12.6 Å². The van der Waals surface area contributed by atoms with E-state index in [-0.39, 0.29) is 12.0 Å². The summed E-state index contributed by atoms with van der Waals surface area (Å²) in [6, 6.07) is 2.03. The van der Waals surface area contributed by atoms with Crippen LogP contribution in [-0.2, 0) is 4.74 Å². The Labute approximate surface area is 96.4 Å². The number of nitrogens with zero attached hydrogens (tertiary/aromatic N) is 2. The maximum atomic E-state index is 5.52. The van der Waals surface area contributed by atoms with E-state index in [0.29, 0.717) is 12.5 Å². The minimum absolute atomic E-state index is 0.231. The van der Waals surface area contributed by atoms with Crippen molar-refractivity contribution in [3.63, 3.8) is 0 Å². The first-order valence-corrected chi connectivity index (χ1v) is 5.56. The Morgan fingerprint density at radius 1 is 1.50 bits per heavy atom. The minimum atomic E-state index is 0.231. The molecule has 1 aromatic heterocycles. The molecule has 0 bridgehead atoms. The first kappa shape index (κ1) is 12.7. The maximum absolute atomic E-state index is 5.52. The monoisotopic (exact) mass is 224 g/mol. The van der Waals surface area contributed by atoms with E-state index in [1.54, 1.807) is 12.3 Å². The summed E-state index contributed by atoms with van der Waals surface area (Å²) >= 11 is 0. The molecule has 0 aliphatic carbocycles. The number of rotatable bonds is 6. The second-order valence-electron chi connectivity index (χ2n) is 3.95. The van der Waals surface area contributed by atoms with Gasteiger partial charge in [-0.15, -0.1) is 0 Å². The van der Waals surface area contributed by atoms with Gasteiger partial charge in [0.1, 0.15) is 5.82 Å². The molecule has 5 nitrogen and oxygen atoms in total. The van der Waals surface area contributed by atoms with Crippen LogP contribution in [0.25, 0.3) is 0 Å². The third-order valence-corrected chi connectivity index (χ3v) is 2.31. The lowest BCUT2D eigenvalue weighted by atomic mass is 10.1. The van der Waals surface area contributed by atoms with Crippen molar-refractivity contribution in [2.45, 2.75) is 26.8 Å². The van der Waals surface area contributed by atoms with E-state index < -0.39 is 0 Å². The molecule has 0 saturated heterocycles. The van der Waals surface area contributed by atoms with E-state index >= 15 is 0 Å². The third kappa shape index (κ3) is 4.02. The average molecular weight is 224 g/mol. The van der Waals surface area contributed by atoms with Crippen LogP contribution in [0.3, 0.4) is 0 Å². The first-order valence-electron chi connectivity index (χ1n) is 5.56. The Morgan fingerprint density at radius 2 is 2.25 bits per heavy atom. The highest BCUT2D eigenvalue weighted by atomic mass is 16.5. The van der Waals surface area contributed by atoms with E-state index in [1.807, 2.05) is 6.92 Å². The zero-order valence-corrected chi connectivity index (χ0v) is 10.1. The smallest absolute Gasteiger partial charge is 0.221 e. The van der Waals surface area contributed by atoms with Crippen LogP contribution in [0.5, 0.6) is 0 Å². The van der Waals surface area contributed by atoms with Crippen molar-refractivity contribution in [1.82, 2.24) is 9.97 Å². The molecule has 0 aliphatic rings. The van der Waals surface area contributed by atoms with Gasteiger partial charge in [-0.25, -0.2) is 4.98 Å². The molecule has 1 unspecified atom stereocenters. The predicted molar refractivity (Wildman–Crippen MR) is 65.2 cm³/mol. The van der Waals surface area contributed by atoms with Gasteiger partial charge in [-0.1, -0.05) is 13.8 Å². The fourth-order valence-corrected chi connectivity index (χ4v) is 1.29. The van der Waals surface area contributed by atoms with Crippen molar-refractivity contribution < 1.29 is 4.74 Å². The van der Waals surface area contributed by atoms with Crippen LogP contribution in [-0.4, -0.2) is 29.2 Å². The third-order valence-electron chi connectivity index (χ3n) is 2.31. The summed E-state index contributed by atoms with van der Waals surface area (Å²) in [6.45, 7) is 7.65. The summed E-state index contributed by atoms with van der Waals surface area (Å²) in [5, 5.41) is 3.30. The Balaban J connectivity index is 2.60. The molecule has 0 fully saturated rings.